The van der Waals surface area contributed by atoms with Crippen molar-refractivity contribution in [2.24, 2.45) is 17.3 Å². The molecule has 3 aliphatic carbocycles. The van der Waals surface area contributed by atoms with E-state index in [1.807, 2.05) is 19.1 Å². The van der Waals surface area contributed by atoms with Crippen LogP contribution in [-0.4, -0.2) is 22.9 Å². The Balaban J connectivity index is 0.000000964. The van der Waals surface area contributed by atoms with Crippen LogP contribution in [0.5, 0.6) is 5.75 Å². The van der Waals surface area contributed by atoms with E-state index < -0.39 is 13.3 Å². The number of fused-ring (bicyclic) bond motifs is 5. The quantitative estimate of drug-likeness (QED) is 0.235. The standard InChI is InChI=1S/C21H28O3.CH3O5P.3Na/c1-3-20(23)24-19-9-8-18-17-6-4-13-12-14(22)5-7-15(13)16(17)10-11-21(18,19)2;2-1(3)7(4,5)6;;;/h5,7,12,16-19,22H,3-4,6,8-11H2,1-2H3;(H,2,3)(H2,4,5,6);;;/q;;3*+1/p-3. The van der Waals surface area contributed by atoms with Gasteiger partial charge in [-0.2, -0.15) is 0 Å². The molecular weight excluding hydrogens is 492 g/mol. The average molecular weight is 520 g/mol. The summed E-state index contributed by atoms with van der Waals surface area (Å²) in [6.45, 7) is 4.24. The first-order chi connectivity index (χ1) is 14.5. The van der Waals surface area contributed by atoms with Crippen LogP contribution in [0.15, 0.2) is 18.2 Å². The Hall–Kier alpha value is 1.11. The van der Waals surface area contributed by atoms with E-state index in [9.17, 15) is 9.90 Å². The molecule has 2 fully saturated rings. The van der Waals surface area contributed by atoms with Crippen LogP contribution in [0.25, 0.3) is 0 Å². The maximum absolute atomic E-state index is 11.8. The van der Waals surface area contributed by atoms with Crippen LogP contribution in [0.1, 0.15) is 69.4 Å². The second-order valence-electron chi connectivity index (χ2n) is 9.02. The molecule has 0 aromatic heterocycles. The molecule has 0 spiro atoms. The summed E-state index contributed by atoms with van der Waals surface area (Å²) in [6.07, 6.45) is 7.38. The van der Waals surface area contributed by atoms with Gasteiger partial charge in [-0.3, -0.25) is 4.79 Å². The van der Waals surface area contributed by atoms with Crippen molar-refractivity contribution in [1.82, 2.24) is 0 Å². The molecule has 172 valence electrons. The number of esters is 1. The number of carbonyl (C=O) groups is 2. The Morgan fingerprint density at radius 3 is 2.32 bits per heavy atom. The van der Waals surface area contributed by atoms with E-state index in [1.54, 1.807) is 0 Å². The fraction of sp³-hybridized carbons (Fsp3) is 0.636. The summed E-state index contributed by atoms with van der Waals surface area (Å²) in [7, 11) is -5.43. The van der Waals surface area contributed by atoms with E-state index in [1.165, 1.54) is 30.4 Å². The summed E-state index contributed by atoms with van der Waals surface area (Å²) >= 11 is 0. The second-order valence-corrected chi connectivity index (χ2v) is 10.4. The zero-order chi connectivity index (χ0) is 23.0. The molecule has 2 saturated carbocycles. The Labute approximate surface area is 267 Å². The van der Waals surface area contributed by atoms with Crippen LogP contribution in [0.2, 0.25) is 0 Å². The summed E-state index contributed by atoms with van der Waals surface area (Å²) in [4.78, 5) is 39.1. The van der Waals surface area contributed by atoms with Crippen molar-refractivity contribution in [3.8, 4) is 5.75 Å². The van der Waals surface area contributed by atoms with Gasteiger partial charge in [0.2, 0.25) is 0 Å². The Morgan fingerprint density at radius 2 is 1.76 bits per heavy atom. The number of hydrogen-bond donors (Lipinski definition) is 1. The number of carbonyl (C=O) groups excluding carboxylic acids is 2. The summed E-state index contributed by atoms with van der Waals surface area (Å²) in [5.74, 6) is 2.32. The number of ether oxygens (including phenoxy) is 1. The van der Waals surface area contributed by atoms with Gasteiger partial charge in [-0.1, -0.05) is 19.9 Å². The minimum absolute atomic E-state index is 0. The van der Waals surface area contributed by atoms with E-state index in [0.717, 1.165) is 19.3 Å². The number of phenolic OH excluding ortho intramolecular Hbond substituents is 1. The van der Waals surface area contributed by atoms with Crippen molar-refractivity contribution in [1.29, 1.82) is 0 Å². The molecule has 5 atom stereocenters. The molecule has 8 nitrogen and oxygen atoms in total. The van der Waals surface area contributed by atoms with Crippen LogP contribution in [0, 0.1) is 17.3 Å². The molecule has 0 amide bonds. The first-order valence-electron chi connectivity index (χ1n) is 10.7. The number of phenols is 1. The van der Waals surface area contributed by atoms with Crippen molar-refractivity contribution in [2.45, 2.75) is 70.8 Å². The van der Waals surface area contributed by atoms with Crippen molar-refractivity contribution >= 4 is 19.3 Å². The Kier molecular flexibility index (Phi) is 14.8. The minimum Gasteiger partial charge on any atom is -0.807 e. The predicted octanol–water partition coefficient (Wildman–Crippen LogP) is -7.17. The van der Waals surface area contributed by atoms with Crippen LogP contribution in [0.4, 0.5) is 4.79 Å². The van der Waals surface area contributed by atoms with Crippen LogP contribution in [0.3, 0.4) is 0 Å². The maximum atomic E-state index is 11.8. The van der Waals surface area contributed by atoms with Gasteiger partial charge in [-0.15, -0.1) is 0 Å². The molecule has 5 unspecified atom stereocenters. The number of carboxylic acid groups (broad SMARTS) is 1. The van der Waals surface area contributed by atoms with E-state index in [2.05, 4.69) is 13.0 Å². The minimum atomic E-state index is -5.43. The Bertz CT molecular complexity index is 908. The number of aryl methyl sites for hydroxylation is 1. The van der Waals surface area contributed by atoms with Gasteiger partial charge in [-0.05, 0) is 87.1 Å². The number of rotatable bonds is 3. The normalized spacial score (nSPS) is 28.6. The zero-order valence-corrected chi connectivity index (χ0v) is 27.6. The van der Waals surface area contributed by atoms with Crippen molar-refractivity contribution < 1.29 is 128 Å². The second kappa shape index (κ2) is 14.3. The van der Waals surface area contributed by atoms with Gasteiger partial charge in [0.15, 0.2) is 0 Å². The number of benzene rings is 1. The molecule has 34 heavy (non-hydrogen) atoms. The van der Waals surface area contributed by atoms with Crippen LogP contribution in [-0.2, 0) is 20.5 Å². The number of aromatic hydroxyl groups is 1. The molecule has 3 aliphatic rings. The first-order valence-corrected chi connectivity index (χ1v) is 12.3. The van der Waals surface area contributed by atoms with E-state index in [4.69, 9.17) is 29.0 Å². The number of hydrogen-bond acceptors (Lipinski definition) is 8. The molecule has 4 rings (SSSR count). The third-order valence-corrected chi connectivity index (χ3v) is 7.86. The molecule has 0 bridgehead atoms. The molecule has 0 heterocycles. The van der Waals surface area contributed by atoms with Gasteiger partial charge in [0.1, 0.15) is 11.9 Å². The molecule has 1 aromatic rings. The van der Waals surface area contributed by atoms with Crippen LogP contribution < -0.4 is 104 Å². The van der Waals surface area contributed by atoms with Gasteiger partial charge in [0, 0.05) is 11.8 Å². The zero-order valence-electron chi connectivity index (χ0n) is 20.7. The van der Waals surface area contributed by atoms with E-state index in [0.29, 0.717) is 29.9 Å². The van der Waals surface area contributed by atoms with Gasteiger partial charge in [-0.25, -0.2) is 0 Å². The maximum Gasteiger partial charge on any atom is 1.00 e. The van der Waals surface area contributed by atoms with Crippen molar-refractivity contribution in [3.05, 3.63) is 29.3 Å². The molecule has 0 radical (unpaired) electrons. The summed E-state index contributed by atoms with van der Waals surface area (Å²) in [5, 5.41) is 18.8. The Morgan fingerprint density at radius 1 is 1.15 bits per heavy atom. The molecule has 12 heteroatoms. The molecule has 1 aromatic carbocycles. The first kappa shape index (κ1) is 35.1. The third kappa shape index (κ3) is 7.81. The average Bonchev–Trinajstić information content (AvgIpc) is 3.03. The topological polar surface area (TPSA) is 150 Å². The van der Waals surface area contributed by atoms with E-state index >= 15 is 0 Å². The third-order valence-electron chi connectivity index (χ3n) is 7.41. The predicted molar refractivity (Wildman–Crippen MR) is 106 cm³/mol. The van der Waals surface area contributed by atoms with Gasteiger partial charge in [0.05, 0.1) is 5.71 Å². The largest absolute Gasteiger partial charge is 1.00 e. The van der Waals surface area contributed by atoms with Crippen molar-refractivity contribution in [3.63, 3.8) is 0 Å². The van der Waals surface area contributed by atoms with Gasteiger partial charge in [0.25, 0.3) is 0 Å². The summed E-state index contributed by atoms with van der Waals surface area (Å²) in [6, 6.07) is 5.95. The summed E-state index contributed by atoms with van der Waals surface area (Å²) < 4.78 is 15.0. The fourth-order valence-electron chi connectivity index (χ4n) is 5.96. The molecule has 1 N–H and O–H groups in total. The fourth-order valence-corrected chi connectivity index (χ4v) is 5.96. The van der Waals surface area contributed by atoms with Gasteiger partial charge < -0.3 is 34.1 Å². The monoisotopic (exact) mass is 520 g/mol. The SMILES string of the molecule is CCC(=O)OC1CCC2C3CCc4cc(O)ccc4C3CCC12C.O=C([O-])P(=O)([O-])[O-].[Na+].[Na+].[Na+]. The smallest absolute Gasteiger partial charge is 0.807 e. The van der Waals surface area contributed by atoms with E-state index in [-0.39, 0.29) is 106 Å². The van der Waals surface area contributed by atoms with Gasteiger partial charge >= 0.3 is 94.6 Å². The molecular formula is C22H28Na3O8P. The summed E-state index contributed by atoms with van der Waals surface area (Å²) in [5.41, 5.74) is 0.389. The van der Waals surface area contributed by atoms with Crippen LogP contribution >= 0.6 is 7.60 Å². The molecule has 0 aliphatic heterocycles. The molecule has 0 saturated heterocycles. The van der Waals surface area contributed by atoms with Crippen molar-refractivity contribution in [2.75, 3.05) is 0 Å².